The zero-order valence-electron chi connectivity index (χ0n) is 13.9. The fourth-order valence-electron chi connectivity index (χ4n) is 2.96. The molecule has 1 fully saturated rings. The number of carboxylic acids is 1. The number of amides is 2. The first kappa shape index (κ1) is 17.8. The number of rotatable bonds is 6. The number of nitrogens with zero attached hydrogens (tertiary/aromatic N) is 2. The molecule has 0 aliphatic carbocycles. The largest absolute Gasteiger partial charge is 0.481 e. The van der Waals surface area contributed by atoms with E-state index in [1.807, 2.05) is 14.0 Å². The van der Waals surface area contributed by atoms with E-state index in [4.69, 9.17) is 0 Å². The fourth-order valence-corrected chi connectivity index (χ4v) is 2.96. The summed E-state index contributed by atoms with van der Waals surface area (Å²) in [6.45, 7) is 8.17. The van der Waals surface area contributed by atoms with Crippen molar-refractivity contribution >= 4 is 12.0 Å². The minimum atomic E-state index is -0.704. The molecule has 0 bridgehead atoms. The van der Waals surface area contributed by atoms with E-state index >= 15 is 0 Å². The van der Waals surface area contributed by atoms with E-state index in [2.05, 4.69) is 13.8 Å². The summed E-state index contributed by atoms with van der Waals surface area (Å²) in [5, 5.41) is 9.49. The van der Waals surface area contributed by atoms with Crippen molar-refractivity contribution in [2.75, 3.05) is 26.7 Å². The SMILES string of the molecule is CCCC1(C(=O)O)CCN(C(=O)N(C)CCC(C)C)CC1. The second kappa shape index (κ2) is 7.66. The highest BCUT2D eigenvalue weighted by Gasteiger charge is 2.41. The molecule has 0 aromatic carbocycles. The van der Waals surface area contributed by atoms with Crippen LogP contribution in [0.25, 0.3) is 0 Å². The van der Waals surface area contributed by atoms with Gasteiger partial charge in [-0.2, -0.15) is 0 Å². The summed E-state index contributed by atoms with van der Waals surface area (Å²) < 4.78 is 0. The van der Waals surface area contributed by atoms with E-state index in [1.165, 1.54) is 0 Å². The van der Waals surface area contributed by atoms with Crippen molar-refractivity contribution in [3.63, 3.8) is 0 Å². The number of aliphatic carboxylic acids is 1. The van der Waals surface area contributed by atoms with Crippen molar-refractivity contribution in [3.05, 3.63) is 0 Å². The minimum absolute atomic E-state index is 0.0335. The maximum atomic E-state index is 12.4. The van der Waals surface area contributed by atoms with E-state index < -0.39 is 11.4 Å². The molecule has 1 rings (SSSR count). The standard InChI is InChI=1S/C16H30N2O3/c1-5-7-16(14(19)20)8-11-18(12-9-16)15(21)17(4)10-6-13(2)3/h13H,5-12H2,1-4H3,(H,19,20). The lowest BCUT2D eigenvalue weighted by molar-refractivity contribution is -0.152. The maximum absolute atomic E-state index is 12.4. The third-order valence-electron chi connectivity index (χ3n) is 4.54. The van der Waals surface area contributed by atoms with Gasteiger partial charge in [0, 0.05) is 26.7 Å². The third kappa shape index (κ3) is 4.61. The van der Waals surface area contributed by atoms with Crippen LogP contribution in [0.15, 0.2) is 0 Å². The van der Waals surface area contributed by atoms with Gasteiger partial charge in [-0.25, -0.2) is 4.79 Å². The predicted octanol–water partition coefficient (Wildman–Crippen LogP) is 3.05. The Labute approximate surface area is 128 Å². The molecule has 1 N–H and O–H groups in total. The van der Waals surface area contributed by atoms with E-state index in [1.54, 1.807) is 9.80 Å². The number of likely N-dealkylation sites (tertiary alicyclic amines) is 1. The summed E-state index contributed by atoms with van der Waals surface area (Å²) in [5.74, 6) is -0.129. The Morgan fingerprint density at radius 3 is 2.29 bits per heavy atom. The Kier molecular flexibility index (Phi) is 6.49. The van der Waals surface area contributed by atoms with Gasteiger partial charge < -0.3 is 14.9 Å². The minimum Gasteiger partial charge on any atom is -0.481 e. The fraction of sp³-hybridized carbons (Fsp3) is 0.875. The number of carboxylic acid groups (broad SMARTS) is 1. The van der Waals surface area contributed by atoms with Crippen LogP contribution < -0.4 is 0 Å². The highest BCUT2D eigenvalue weighted by atomic mass is 16.4. The highest BCUT2D eigenvalue weighted by Crippen LogP contribution is 2.36. The van der Waals surface area contributed by atoms with Gasteiger partial charge in [-0.1, -0.05) is 27.2 Å². The highest BCUT2D eigenvalue weighted by molar-refractivity contribution is 5.77. The topological polar surface area (TPSA) is 60.9 Å². The zero-order valence-corrected chi connectivity index (χ0v) is 13.9. The third-order valence-corrected chi connectivity index (χ3v) is 4.54. The molecule has 1 aliphatic heterocycles. The number of urea groups is 1. The van der Waals surface area contributed by atoms with Crippen LogP contribution >= 0.6 is 0 Å². The van der Waals surface area contributed by atoms with Gasteiger partial charge in [-0.3, -0.25) is 4.79 Å². The molecule has 0 atom stereocenters. The number of piperidine rings is 1. The second-order valence-electron chi connectivity index (χ2n) is 6.71. The Bertz CT molecular complexity index is 361. The first-order valence-electron chi connectivity index (χ1n) is 8.06. The molecular weight excluding hydrogens is 268 g/mol. The molecule has 0 unspecified atom stereocenters. The van der Waals surface area contributed by atoms with E-state index in [9.17, 15) is 14.7 Å². The zero-order chi connectivity index (χ0) is 16.0. The Hall–Kier alpha value is -1.26. The summed E-state index contributed by atoms with van der Waals surface area (Å²) in [5.41, 5.74) is -0.623. The summed E-state index contributed by atoms with van der Waals surface area (Å²) in [6, 6.07) is 0.0335. The normalized spacial score (nSPS) is 17.9. The average molecular weight is 298 g/mol. The van der Waals surface area contributed by atoms with Crippen LogP contribution in [0.5, 0.6) is 0 Å². The van der Waals surface area contributed by atoms with E-state index in [-0.39, 0.29) is 6.03 Å². The molecule has 5 nitrogen and oxygen atoms in total. The Morgan fingerprint density at radius 1 is 1.29 bits per heavy atom. The molecule has 1 aliphatic rings. The number of hydrogen-bond donors (Lipinski definition) is 1. The van der Waals surface area contributed by atoms with Crippen molar-refractivity contribution in [1.29, 1.82) is 0 Å². The lowest BCUT2D eigenvalue weighted by Gasteiger charge is -2.40. The summed E-state index contributed by atoms with van der Waals surface area (Å²) in [4.78, 5) is 27.5. The van der Waals surface area contributed by atoms with Crippen LogP contribution in [0.1, 0.15) is 52.9 Å². The molecular formula is C16H30N2O3. The van der Waals surface area contributed by atoms with E-state index in [0.29, 0.717) is 38.3 Å². The molecule has 0 radical (unpaired) electrons. The van der Waals surface area contributed by atoms with Crippen LogP contribution in [0, 0.1) is 11.3 Å². The summed E-state index contributed by atoms with van der Waals surface area (Å²) in [7, 11) is 1.83. The van der Waals surface area contributed by atoms with Gasteiger partial charge in [0.1, 0.15) is 0 Å². The average Bonchev–Trinajstić information content (AvgIpc) is 2.44. The molecule has 5 heteroatoms. The Balaban J connectivity index is 2.55. The molecule has 1 heterocycles. The van der Waals surface area contributed by atoms with Crippen LogP contribution in [-0.2, 0) is 4.79 Å². The van der Waals surface area contributed by atoms with Crippen molar-refractivity contribution in [2.24, 2.45) is 11.3 Å². The first-order chi connectivity index (χ1) is 9.82. The van der Waals surface area contributed by atoms with Crippen LogP contribution in [0.3, 0.4) is 0 Å². The van der Waals surface area contributed by atoms with Crippen molar-refractivity contribution in [2.45, 2.75) is 52.9 Å². The quantitative estimate of drug-likeness (QED) is 0.820. The maximum Gasteiger partial charge on any atom is 0.319 e. The van der Waals surface area contributed by atoms with Gasteiger partial charge in [-0.15, -0.1) is 0 Å². The number of carbonyl (C=O) groups is 2. The van der Waals surface area contributed by atoms with Crippen molar-refractivity contribution < 1.29 is 14.7 Å². The molecule has 0 aromatic rings. The molecule has 122 valence electrons. The lowest BCUT2D eigenvalue weighted by Crippen LogP contribution is -2.50. The van der Waals surface area contributed by atoms with Gasteiger partial charge in [0.15, 0.2) is 0 Å². The van der Waals surface area contributed by atoms with Gasteiger partial charge in [0.25, 0.3) is 0 Å². The van der Waals surface area contributed by atoms with Crippen molar-refractivity contribution in [3.8, 4) is 0 Å². The van der Waals surface area contributed by atoms with Gasteiger partial charge in [0.05, 0.1) is 5.41 Å². The Morgan fingerprint density at radius 2 is 1.86 bits per heavy atom. The second-order valence-corrected chi connectivity index (χ2v) is 6.71. The number of hydrogen-bond acceptors (Lipinski definition) is 2. The van der Waals surface area contributed by atoms with E-state index in [0.717, 1.165) is 19.4 Å². The van der Waals surface area contributed by atoms with Crippen LogP contribution in [0.4, 0.5) is 4.79 Å². The molecule has 0 saturated carbocycles. The smallest absolute Gasteiger partial charge is 0.319 e. The first-order valence-corrected chi connectivity index (χ1v) is 8.06. The predicted molar refractivity (Wildman–Crippen MR) is 83.3 cm³/mol. The van der Waals surface area contributed by atoms with Crippen LogP contribution in [0.2, 0.25) is 0 Å². The molecule has 21 heavy (non-hydrogen) atoms. The van der Waals surface area contributed by atoms with Crippen LogP contribution in [-0.4, -0.2) is 53.6 Å². The summed E-state index contributed by atoms with van der Waals surface area (Å²) >= 11 is 0. The lowest BCUT2D eigenvalue weighted by atomic mass is 9.75. The number of carbonyl (C=O) groups excluding carboxylic acids is 1. The molecule has 1 saturated heterocycles. The monoisotopic (exact) mass is 298 g/mol. The van der Waals surface area contributed by atoms with Crippen molar-refractivity contribution in [1.82, 2.24) is 9.80 Å². The van der Waals surface area contributed by atoms with Gasteiger partial charge in [0.2, 0.25) is 0 Å². The van der Waals surface area contributed by atoms with Gasteiger partial charge >= 0.3 is 12.0 Å². The molecule has 2 amide bonds. The summed E-state index contributed by atoms with van der Waals surface area (Å²) in [6.07, 6.45) is 3.70. The molecule has 0 spiro atoms. The van der Waals surface area contributed by atoms with Gasteiger partial charge in [-0.05, 0) is 31.6 Å². The molecule has 0 aromatic heterocycles.